The smallest absolute Gasteiger partial charge is 0.137 e. The lowest BCUT2D eigenvalue weighted by atomic mass is 10.2. The van der Waals surface area contributed by atoms with E-state index in [9.17, 15) is 0 Å². The van der Waals surface area contributed by atoms with Crippen LogP contribution < -0.4 is 0 Å². The number of aromatic amines is 1. The molecule has 0 saturated heterocycles. The molecule has 2 rings (SSSR count). The molecule has 2 heterocycles. The van der Waals surface area contributed by atoms with Crippen molar-refractivity contribution < 1.29 is 5.21 Å². The number of nitrogens with zero attached hydrogens (tertiary/aromatic N) is 2. The minimum atomic E-state index is 0.506. The molecule has 0 spiro atoms. The number of H-pyrrole nitrogens is 1. The Morgan fingerprint density at radius 2 is 2.46 bits per heavy atom. The largest absolute Gasteiger partial charge is 0.346 e. The summed E-state index contributed by atoms with van der Waals surface area (Å²) in [5.74, 6) is 0. The van der Waals surface area contributed by atoms with Crippen molar-refractivity contribution in [3.8, 4) is 0 Å². The second-order valence-corrected chi connectivity index (χ2v) is 3.03. The summed E-state index contributed by atoms with van der Waals surface area (Å²) in [6, 6.07) is 3.87. The maximum absolute atomic E-state index is 9.08. The predicted octanol–water partition coefficient (Wildman–Crippen LogP) is 1.38. The van der Waals surface area contributed by atoms with Crippen LogP contribution in [0.1, 0.15) is 5.56 Å². The zero-order chi connectivity index (χ0) is 9.26. The monoisotopic (exact) mass is 177 g/mol. The molecule has 68 valence electrons. The van der Waals surface area contributed by atoms with Gasteiger partial charge in [0.1, 0.15) is 5.65 Å². The molecule has 4 heteroatoms. The van der Waals surface area contributed by atoms with Crippen LogP contribution in [-0.4, -0.2) is 27.3 Å². The first kappa shape index (κ1) is 8.22. The van der Waals surface area contributed by atoms with E-state index >= 15 is 0 Å². The summed E-state index contributed by atoms with van der Waals surface area (Å²) in [7, 11) is 1.62. The van der Waals surface area contributed by atoms with Gasteiger partial charge in [0.25, 0.3) is 0 Å². The molecule has 0 aliphatic carbocycles. The molecule has 0 aliphatic rings. The zero-order valence-corrected chi connectivity index (χ0v) is 7.36. The number of aromatic nitrogens is 2. The molecule has 13 heavy (non-hydrogen) atoms. The Labute approximate surface area is 75.8 Å². The molecule has 4 nitrogen and oxygen atoms in total. The molecule has 0 aliphatic heterocycles. The van der Waals surface area contributed by atoms with Crippen LogP contribution in [0.5, 0.6) is 0 Å². The minimum absolute atomic E-state index is 0.506. The lowest BCUT2D eigenvalue weighted by Crippen LogP contribution is -2.11. The molecule has 0 amide bonds. The van der Waals surface area contributed by atoms with Crippen molar-refractivity contribution in [2.75, 3.05) is 7.05 Å². The lowest BCUT2D eigenvalue weighted by Gasteiger charge is -2.05. The molecule has 2 N–H and O–H groups in total. The van der Waals surface area contributed by atoms with Gasteiger partial charge in [0.2, 0.25) is 0 Å². The van der Waals surface area contributed by atoms with E-state index in [0.717, 1.165) is 21.7 Å². The first-order valence-corrected chi connectivity index (χ1v) is 4.08. The summed E-state index contributed by atoms with van der Waals surface area (Å²) >= 11 is 0. The minimum Gasteiger partial charge on any atom is -0.346 e. The van der Waals surface area contributed by atoms with Crippen molar-refractivity contribution in [2.24, 2.45) is 0 Å². The molecule has 0 aromatic carbocycles. The lowest BCUT2D eigenvalue weighted by molar-refractivity contribution is -0.0728. The van der Waals surface area contributed by atoms with E-state index in [1.807, 2.05) is 18.3 Å². The number of hydroxylamine groups is 2. The van der Waals surface area contributed by atoms with Gasteiger partial charge in [0.05, 0.1) is 6.54 Å². The third kappa shape index (κ3) is 1.54. The standard InChI is InChI=1S/C9H11N3O/c1-12(13)6-7-5-11-9-8(7)3-2-4-10-9/h2-5,13H,6H2,1H3,(H,10,11). The van der Waals surface area contributed by atoms with Crippen molar-refractivity contribution in [1.29, 1.82) is 0 Å². The quantitative estimate of drug-likeness (QED) is 0.681. The van der Waals surface area contributed by atoms with Gasteiger partial charge >= 0.3 is 0 Å². The fourth-order valence-corrected chi connectivity index (χ4v) is 1.39. The van der Waals surface area contributed by atoms with Gasteiger partial charge in [-0.15, -0.1) is 0 Å². The molecule has 2 aromatic heterocycles. The van der Waals surface area contributed by atoms with Crippen LogP contribution in [0.4, 0.5) is 0 Å². The normalized spacial score (nSPS) is 11.3. The first-order chi connectivity index (χ1) is 6.27. The van der Waals surface area contributed by atoms with Crippen LogP contribution in [0.3, 0.4) is 0 Å². The molecule has 2 aromatic rings. The highest BCUT2D eigenvalue weighted by Gasteiger charge is 2.04. The van der Waals surface area contributed by atoms with E-state index < -0.39 is 0 Å². The number of pyridine rings is 1. The third-order valence-corrected chi connectivity index (χ3v) is 1.94. The number of rotatable bonds is 2. The molecule has 0 fully saturated rings. The van der Waals surface area contributed by atoms with Crippen LogP contribution in [0.2, 0.25) is 0 Å². The Morgan fingerprint density at radius 3 is 3.23 bits per heavy atom. The third-order valence-electron chi connectivity index (χ3n) is 1.94. The first-order valence-electron chi connectivity index (χ1n) is 4.08. The van der Waals surface area contributed by atoms with Gasteiger partial charge in [-0.05, 0) is 17.7 Å². The van der Waals surface area contributed by atoms with Gasteiger partial charge in [-0.3, -0.25) is 0 Å². The van der Waals surface area contributed by atoms with Crippen molar-refractivity contribution in [3.63, 3.8) is 0 Å². The Morgan fingerprint density at radius 1 is 1.62 bits per heavy atom. The molecule has 0 bridgehead atoms. The highest BCUT2D eigenvalue weighted by Crippen LogP contribution is 2.16. The number of hydrogen-bond acceptors (Lipinski definition) is 3. The van der Waals surface area contributed by atoms with Crippen LogP contribution in [0.25, 0.3) is 11.0 Å². The molecule has 0 atom stereocenters. The van der Waals surface area contributed by atoms with Gasteiger partial charge < -0.3 is 10.2 Å². The summed E-state index contributed by atoms with van der Waals surface area (Å²) in [5.41, 5.74) is 1.91. The van der Waals surface area contributed by atoms with Crippen molar-refractivity contribution >= 4 is 11.0 Å². The van der Waals surface area contributed by atoms with Gasteiger partial charge in [0.15, 0.2) is 0 Å². The highest BCUT2D eigenvalue weighted by atomic mass is 16.5. The van der Waals surface area contributed by atoms with E-state index in [0.29, 0.717) is 6.54 Å². The Balaban J connectivity index is 2.46. The van der Waals surface area contributed by atoms with E-state index in [4.69, 9.17) is 5.21 Å². The number of fused-ring (bicyclic) bond motifs is 1. The van der Waals surface area contributed by atoms with Gasteiger partial charge in [0, 0.05) is 24.8 Å². The van der Waals surface area contributed by atoms with Gasteiger partial charge in [-0.2, -0.15) is 5.06 Å². The molecular formula is C9H11N3O. The van der Waals surface area contributed by atoms with E-state index in [-0.39, 0.29) is 0 Å². The molecular weight excluding hydrogens is 166 g/mol. The van der Waals surface area contributed by atoms with E-state index in [2.05, 4.69) is 9.97 Å². The number of hydrogen-bond donors (Lipinski definition) is 2. The highest BCUT2D eigenvalue weighted by molar-refractivity contribution is 5.79. The second-order valence-electron chi connectivity index (χ2n) is 3.03. The Bertz CT molecular complexity index is 408. The van der Waals surface area contributed by atoms with Gasteiger partial charge in [-0.25, -0.2) is 4.98 Å². The van der Waals surface area contributed by atoms with Crippen molar-refractivity contribution in [2.45, 2.75) is 6.54 Å². The zero-order valence-electron chi connectivity index (χ0n) is 7.36. The maximum Gasteiger partial charge on any atom is 0.137 e. The fourth-order valence-electron chi connectivity index (χ4n) is 1.39. The number of nitrogens with one attached hydrogen (secondary N) is 1. The average molecular weight is 177 g/mol. The van der Waals surface area contributed by atoms with Crippen LogP contribution in [0.15, 0.2) is 24.5 Å². The molecule has 0 radical (unpaired) electrons. The van der Waals surface area contributed by atoms with Crippen LogP contribution in [0, 0.1) is 0 Å². The maximum atomic E-state index is 9.08. The fraction of sp³-hybridized carbons (Fsp3) is 0.222. The van der Waals surface area contributed by atoms with E-state index in [1.54, 1.807) is 13.2 Å². The van der Waals surface area contributed by atoms with Gasteiger partial charge in [-0.1, -0.05) is 0 Å². The van der Waals surface area contributed by atoms with Crippen molar-refractivity contribution in [3.05, 3.63) is 30.1 Å². The van der Waals surface area contributed by atoms with E-state index in [1.165, 1.54) is 0 Å². The predicted molar refractivity (Wildman–Crippen MR) is 49.3 cm³/mol. The topological polar surface area (TPSA) is 52.1 Å². The second kappa shape index (κ2) is 3.16. The molecule has 0 unspecified atom stereocenters. The summed E-state index contributed by atoms with van der Waals surface area (Å²) in [6.07, 6.45) is 3.61. The van der Waals surface area contributed by atoms with Crippen LogP contribution >= 0.6 is 0 Å². The molecule has 0 saturated carbocycles. The van der Waals surface area contributed by atoms with Crippen LogP contribution in [-0.2, 0) is 6.54 Å². The summed E-state index contributed by atoms with van der Waals surface area (Å²) in [5, 5.41) is 11.3. The Kier molecular flexibility index (Phi) is 2.00. The van der Waals surface area contributed by atoms with Crippen molar-refractivity contribution in [1.82, 2.24) is 15.0 Å². The summed E-state index contributed by atoms with van der Waals surface area (Å²) in [6.45, 7) is 0.506. The Hall–Kier alpha value is -1.39. The summed E-state index contributed by atoms with van der Waals surface area (Å²) < 4.78 is 0. The average Bonchev–Trinajstić information content (AvgIpc) is 2.48. The summed E-state index contributed by atoms with van der Waals surface area (Å²) in [4.78, 5) is 7.20. The SMILES string of the molecule is CN(O)Cc1c[nH]c2ncccc12.